The molecule has 0 bridgehead atoms. The van der Waals surface area contributed by atoms with Crippen LogP contribution in [0.1, 0.15) is 22.3 Å². The van der Waals surface area contributed by atoms with Gasteiger partial charge in [0.1, 0.15) is 10.8 Å². The van der Waals surface area contributed by atoms with Crippen LogP contribution in [0.2, 0.25) is 5.02 Å². The minimum atomic E-state index is -0.329. The number of aromatic nitrogens is 1. The van der Waals surface area contributed by atoms with Crippen LogP contribution >= 0.6 is 22.9 Å². The Morgan fingerprint density at radius 3 is 2.59 bits per heavy atom. The molecular formula is C21H22ClN3O3S. The molecule has 1 aromatic heterocycles. The van der Waals surface area contributed by atoms with E-state index >= 15 is 0 Å². The third-order valence-electron chi connectivity index (χ3n) is 4.24. The maximum absolute atomic E-state index is 12.6. The fourth-order valence-electron chi connectivity index (χ4n) is 2.77. The second-order valence-electron chi connectivity index (χ2n) is 6.36. The van der Waals surface area contributed by atoms with Crippen LogP contribution in [0.15, 0.2) is 53.9 Å². The molecule has 0 aliphatic rings. The van der Waals surface area contributed by atoms with E-state index in [4.69, 9.17) is 21.4 Å². The first-order chi connectivity index (χ1) is 14.1. The summed E-state index contributed by atoms with van der Waals surface area (Å²) in [5.41, 5.74) is 2.50. The van der Waals surface area contributed by atoms with Crippen LogP contribution < -0.4 is 15.4 Å². The van der Waals surface area contributed by atoms with E-state index in [1.54, 1.807) is 31.4 Å². The van der Waals surface area contributed by atoms with Crippen LogP contribution in [0, 0.1) is 0 Å². The molecule has 3 aromatic rings. The van der Waals surface area contributed by atoms with Crippen molar-refractivity contribution in [3.63, 3.8) is 0 Å². The van der Waals surface area contributed by atoms with E-state index < -0.39 is 0 Å². The Balaban J connectivity index is 1.75. The van der Waals surface area contributed by atoms with Crippen molar-refractivity contribution < 1.29 is 14.6 Å². The number of amides is 2. The van der Waals surface area contributed by atoms with Gasteiger partial charge in [0.25, 0.3) is 0 Å². The van der Waals surface area contributed by atoms with Gasteiger partial charge in [-0.05, 0) is 48.4 Å². The Hall–Kier alpha value is -2.61. The molecule has 1 heterocycles. The average molecular weight is 432 g/mol. The Bertz CT molecular complexity index is 929. The minimum Gasteiger partial charge on any atom is -0.497 e. The number of hydrogen-bond acceptors (Lipinski definition) is 5. The quantitative estimate of drug-likeness (QED) is 0.492. The van der Waals surface area contributed by atoms with Gasteiger partial charge in [-0.1, -0.05) is 23.7 Å². The van der Waals surface area contributed by atoms with Crippen molar-refractivity contribution in [2.24, 2.45) is 0 Å². The molecule has 3 N–H and O–H groups in total. The monoisotopic (exact) mass is 431 g/mol. The van der Waals surface area contributed by atoms with Crippen molar-refractivity contribution in [3.05, 3.63) is 75.2 Å². The summed E-state index contributed by atoms with van der Waals surface area (Å²) in [5, 5.41) is 18.3. The summed E-state index contributed by atoms with van der Waals surface area (Å²) in [6, 6.07) is 14.0. The molecule has 152 valence electrons. The molecule has 1 atom stereocenters. The second kappa shape index (κ2) is 10.2. The molecule has 0 fully saturated rings. The molecule has 1 unspecified atom stereocenters. The number of carbonyl (C=O) groups excluding carboxylic acids is 1. The number of aliphatic hydroxyl groups excluding tert-OH is 1. The van der Waals surface area contributed by atoms with E-state index in [1.807, 2.05) is 29.6 Å². The van der Waals surface area contributed by atoms with Crippen molar-refractivity contribution in [1.82, 2.24) is 10.3 Å². The number of rotatable bonds is 8. The standard InChI is InChI=1S/C21H22ClN3O3S/c1-28-18-8-2-14(3-9-18)12-19(20-23-17(10-11-26)13-29-20)25-21(27)24-16-6-4-15(22)5-7-16/h2-9,13,19,26H,10-12H2,1H3,(H2,24,25,27). The maximum atomic E-state index is 12.6. The largest absolute Gasteiger partial charge is 0.497 e. The highest BCUT2D eigenvalue weighted by Gasteiger charge is 2.19. The zero-order valence-corrected chi connectivity index (χ0v) is 17.5. The Morgan fingerprint density at radius 2 is 1.93 bits per heavy atom. The van der Waals surface area contributed by atoms with E-state index in [-0.39, 0.29) is 18.7 Å². The van der Waals surface area contributed by atoms with Gasteiger partial charge in [-0.15, -0.1) is 11.3 Å². The molecular weight excluding hydrogens is 410 g/mol. The number of carbonyl (C=O) groups is 1. The lowest BCUT2D eigenvalue weighted by molar-refractivity contribution is 0.248. The van der Waals surface area contributed by atoms with Gasteiger partial charge in [0, 0.05) is 29.1 Å². The van der Waals surface area contributed by atoms with Gasteiger partial charge < -0.3 is 20.5 Å². The molecule has 2 amide bonds. The van der Waals surface area contributed by atoms with E-state index in [9.17, 15) is 4.79 Å². The average Bonchev–Trinajstić information content (AvgIpc) is 3.19. The van der Waals surface area contributed by atoms with Gasteiger partial charge in [-0.2, -0.15) is 0 Å². The number of aliphatic hydroxyl groups is 1. The molecule has 0 radical (unpaired) electrons. The van der Waals surface area contributed by atoms with Gasteiger partial charge >= 0.3 is 6.03 Å². The Morgan fingerprint density at radius 1 is 1.21 bits per heavy atom. The van der Waals surface area contributed by atoms with E-state index in [0.717, 1.165) is 22.0 Å². The van der Waals surface area contributed by atoms with Gasteiger partial charge in [0.15, 0.2) is 0 Å². The number of urea groups is 1. The van der Waals surface area contributed by atoms with Crippen LogP contribution in [0.5, 0.6) is 5.75 Å². The molecule has 29 heavy (non-hydrogen) atoms. The molecule has 0 aliphatic carbocycles. The fraction of sp³-hybridized carbons (Fsp3) is 0.238. The number of nitrogens with one attached hydrogen (secondary N) is 2. The predicted molar refractivity (Wildman–Crippen MR) is 116 cm³/mol. The summed E-state index contributed by atoms with van der Waals surface area (Å²) in [4.78, 5) is 17.1. The molecule has 0 aliphatic heterocycles. The fourth-order valence-corrected chi connectivity index (χ4v) is 3.80. The van der Waals surface area contributed by atoms with Crippen molar-refractivity contribution in [2.75, 3.05) is 19.0 Å². The third-order valence-corrected chi connectivity index (χ3v) is 5.50. The minimum absolute atomic E-state index is 0.0385. The molecule has 8 heteroatoms. The highest BCUT2D eigenvalue weighted by molar-refractivity contribution is 7.09. The topological polar surface area (TPSA) is 83.5 Å². The molecule has 0 saturated carbocycles. The number of nitrogens with zero attached hydrogens (tertiary/aromatic N) is 1. The van der Waals surface area contributed by atoms with Crippen molar-refractivity contribution in [3.8, 4) is 5.75 Å². The molecule has 2 aromatic carbocycles. The highest BCUT2D eigenvalue weighted by atomic mass is 35.5. The zero-order chi connectivity index (χ0) is 20.6. The maximum Gasteiger partial charge on any atom is 0.319 e. The van der Waals surface area contributed by atoms with Crippen LogP contribution in [-0.4, -0.2) is 29.8 Å². The normalized spacial score (nSPS) is 11.7. The number of hydrogen-bond donors (Lipinski definition) is 3. The van der Waals surface area contributed by atoms with Crippen LogP contribution in [0.25, 0.3) is 0 Å². The number of ether oxygens (including phenoxy) is 1. The van der Waals surface area contributed by atoms with Crippen LogP contribution in [0.3, 0.4) is 0 Å². The summed E-state index contributed by atoms with van der Waals surface area (Å²) in [7, 11) is 1.62. The SMILES string of the molecule is COc1ccc(CC(NC(=O)Nc2ccc(Cl)cc2)c2nc(CCO)cs2)cc1. The van der Waals surface area contributed by atoms with Gasteiger partial charge in [0.2, 0.25) is 0 Å². The van der Waals surface area contributed by atoms with Crippen LogP contribution in [-0.2, 0) is 12.8 Å². The van der Waals surface area contributed by atoms with E-state index in [1.165, 1.54) is 11.3 Å². The number of methoxy groups -OCH3 is 1. The summed E-state index contributed by atoms with van der Waals surface area (Å²) < 4.78 is 5.21. The van der Waals surface area contributed by atoms with Crippen molar-refractivity contribution in [2.45, 2.75) is 18.9 Å². The first-order valence-electron chi connectivity index (χ1n) is 9.08. The molecule has 0 saturated heterocycles. The summed E-state index contributed by atoms with van der Waals surface area (Å²) >= 11 is 7.36. The predicted octanol–water partition coefficient (Wildman–Crippen LogP) is 4.45. The molecule has 3 rings (SSSR count). The number of halogens is 1. The smallest absolute Gasteiger partial charge is 0.319 e. The Labute approximate surface area is 178 Å². The second-order valence-corrected chi connectivity index (χ2v) is 7.69. The zero-order valence-electron chi connectivity index (χ0n) is 15.9. The first kappa shape index (κ1) is 21.1. The number of benzene rings is 2. The van der Waals surface area contributed by atoms with Gasteiger partial charge in [-0.25, -0.2) is 9.78 Å². The summed E-state index contributed by atoms with van der Waals surface area (Å²) in [5.74, 6) is 0.776. The van der Waals surface area contributed by atoms with Gasteiger partial charge in [-0.3, -0.25) is 0 Å². The molecule has 0 spiro atoms. The van der Waals surface area contributed by atoms with Crippen LogP contribution in [0.4, 0.5) is 10.5 Å². The lowest BCUT2D eigenvalue weighted by Gasteiger charge is -2.18. The lowest BCUT2D eigenvalue weighted by Crippen LogP contribution is -2.33. The van der Waals surface area contributed by atoms with Crippen molar-refractivity contribution >= 4 is 34.7 Å². The Kier molecular flexibility index (Phi) is 7.46. The van der Waals surface area contributed by atoms with Gasteiger partial charge in [0.05, 0.1) is 18.8 Å². The summed E-state index contributed by atoms with van der Waals surface area (Å²) in [6.07, 6.45) is 1.06. The first-order valence-corrected chi connectivity index (χ1v) is 10.3. The van der Waals surface area contributed by atoms with E-state index in [2.05, 4.69) is 15.6 Å². The highest BCUT2D eigenvalue weighted by Crippen LogP contribution is 2.24. The number of thiazole rings is 1. The third kappa shape index (κ3) is 6.19. The van der Waals surface area contributed by atoms with E-state index in [0.29, 0.717) is 23.6 Å². The molecule has 6 nitrogen and oxygen atoms in total. The summed E-state index contributed by atoms with van der Waals surface area (Å²) in [6.45, 7) is 0.0385. The lowest BCUT2D eigenvalue weighted by atomic mass is 10.1. The number of anilines is 1. The van der Waals surface area contributed by atoms with Crippen molar-refractivity contribution in [1.29, 1.82) is 0 Å².